The molecule has 10 heavy (non-hydrogen) atoms. The summed E-state index contributed by atoms with van der Waals surface area (Å²) in [6.07, 6.45) is 5.45. The average molecular weight is 140 g/mol. The second-order valence-electron chi connectivity index (χ2n) is 2.55. The summed E-state index contributed by atoms with van der Waals surface area (Å²) in [7, 11) is 0. The van der Waals surface area contributed by atoms with Crippen LogP contribution in [0.2, 0.25) is 0 Å². The molecule has 1 heterocycles. The minimum atomic E-state index is -0.105. The lowest BCUT2D eigenvalue weighted by molar-refractivity contribution is -0.135. The molecular weight excluding hydrogens is 128 g/mol. The van der Waals surface area contributed by atoms with Gasteiger partial charge in [-0.05, 0) is 18.4 Å². The van der Waals surface area contributed by atoms with Gasteiger partial charge in [0.25, 0.3) is 0 Å². The number of unbranched alkanes of at least 4 members (excludes halogenated alkanes) is 1. The topological polar surface area (TPSA) is 26.3 Å². The minimum Gasteiger partial charge on any atom is -0.434 e. The number of ether oxygens (including phenoxy) is 1. The number of hydrogen-bond donors (Lipinski definition) is 0. The molecule has 1 aliphatic rings. The van der Waals surface area contributed by atoms with Crippen LogP contribution in [0, 0.1) is 0 Å². The summed E-state index contributed by atoms with van der Waals surface area (Å²) < 4.78 is 4.66. The zero-order valence-electron chi connectivity index (χ0n) is 6.22. The van der Waals surface area contributed by atoms with E-state index in [-0.39, 0.29) is 5.97 Å². The first-order valence-corrected chi connectivity index (χ1v) is 3.70. The molecular formula is C8H12O2. The Hall–Kier alpha value is -0.790. The highest BCUT2D eigenvalue weighted by Crippen LogP contribution is 2.17. The molecule has 0 aromatic carbocycles. The van der Waals surface area contributed by atoms with E-state index in [0.717, 1.165) is 18.4 Å². The maximum atomic E-state index is 10.5. The Balaban J connectivity index is 2.23. The predicted octanol–water partition coefficient (Wildman–Crippen LogP) is 2.01. The van der Waals surface area contributed by atoms with Gasteiger partial charge in [0.15, 0.2) is 0 Å². The van der Waals surface area contributed by atoms with Gasteiger partial charge in [0.2, 0.25) is 0 Å². The Bertz CT molecular complexity index is 159. The van der Waals surface area contributed by atoms with Crippen LogP contribution in [0.5, 0.6) is 0 Å². The van der Waals surface area contributed by atoms with E-state index in [2.05, 4.69) is 11.7 Å². The highest BCUT2D eigenvalue weighted by Gasteiger charge is 2.13. The number of carbonyl (C=O) groups is 1. The fourth-order valence-electron chi connectivity index (χ4n) is 0.969. The van der Waals surface area contributed by atoms with Crippen molar-refractivity contribution in [1.29, 1.82) is 0 Å². The highest BCUT2D eigenvalue weighted by atomic mass is 16.5. The smallest absolute Gasteiger partial charge is 0.314 e. The van der Waals surface area contributed by atoms with Crippen molar-refractivity contribution in [3.63, 3.8) is 0 Å². The molecule has 0 saturated carbocycles. The van der Waals surface area contributed by atoms with E-state index in [1.165, 1.54) is 6.42 Å². The Morgan fingerprint density at radius 3 is 3.00 bits per heavy atom. The van der Waals surface area contributed by atoms with Gasteiger partial charge in [0.1, 0.15) is 0 Å². The van der Waals surface area contributed by atoms with E-state index in [1.54, 1.807) is 6.26 Å². The third kappa shape index (κ3) is 1.87. The van der Waals surface area contributed by atoms with Crippen molar-refractivity contribution < 1.29 is 9.53 Å². The molecule has 1 aliphatic heterocycles. The van der Waals surface area contributed by atoms with Gasteiger partial charge in [0.05, 0.1) is 12.7 Å². The second kappa shape index (κ2) is 3.40. The standard InChI is InChI=1S/C8H12O2/c1-2-3-4-7-5-8(9)10-6-7/h6H,2-5H2,1H3. The Morgan fingerprint density at radius 1 is 1.70 bits per heavy atom. The van der Waals surface area contributed by atoms with Crippen LogP contribution in [0.15, 0.2) is 11.8 Å². The number of cyclic esters (lactones) is 1. The molecule has 0 amide bonds. The Kier molecular flexibility index (Phi) is 2.49. The maximum Gasteiger partial charge on any atom is 0.314 e. The van der Waals surface area contributed by atoms with Crippen LogP contribution in [0.4, 0.5) is 0 Å². The zero-order chi connectivity index (χ0) is 7.40. The lowest BCUT2D eigenvalue weighted by Crippen LogP contribution is -1.90. The number of hydrogen-bond acceptors (Lipinski definition) is 2. The summed E-state index contributed by atoms with van der Waals surface area (Å²) in [4.78, 5) is 10.5. The molecule has 0 N–H and O–H groups in total. The molecule has 0 saturated heterocycles. The lowest BCUT2D eigenvalue weighted by Gasteiger charge is -1.93. The fourth-order valence-corrected chi connectivity index (χ4v) is 0.969. The van der Waals surface area contributed by atoms with Crippen LogP contribution in [-0.4, -0.2) is 5.97 Å². The molecule has 0 fully saturated rings. The van der Waals surface area contributed by atoms with E-state index in [1.807, 2.05) is 0 Å². The van der Waals surface area contributed by atoms with E-state index >= 15 is 0 Å². The van der Waals surface area contributed by atoms with Crippen molar-refractivity contribution in [1.82, 2.24) is 0 Å². The Labute approximate surface area is 60.9 Å². The summed E-state index contributed by atoms with van der Waals surface area (Å²) in [5.74, 6) is -0.105. The fraction of sp³-hybridized carbons (Fsp3) is 0.625. The molecule has 0 aromatic heterocycles. The van der Waals surface area contributed by atoms with Gasteiger partial charge in [-0.3, -0.25) is 4.79 Å². The molecule has 56 valence electrons. The SMILES string of the molecule is CCCCC1=COC(=O)C1. The molecule has 0 radical (unpaired) electrons. The van der Waals surface area contributed by atoms with Crippen LogP contribution in [0.1, 0.15) is 32.6 Å². The largest absolute Gasteiger partial charge is 0.434 e. The van der Waals surface area contributed by atoms with Crippen molar-refractivity contribution in [2.45, 2.75) is 32.6 Å². The number of esters is 1. The van der Waals surface area contributed by atoms with Gasteiger partial charge in [-0.25, -0.2) is 0 Å². The van der Waals surface area contributed by atoms with Crippen LogP contribution >= 0.6 is 0 Å². The summed E-state index contributed by atoms with van der Waals surface area (Å²) in [5, 5.41) is 0. The molecule has 2 nitrogen and oxygen atoms in total. The Morgan fingerprint density at radius 2 is 2.50 bits per heavy atom. The second-order valence-corrected chi connectivity index (χ2v) is 2.55. The van der Waals surface area contributed by atoms with Gasteiger partial charge in [-0.1, -0.05) is 13.3 Å². The van der Waals surface area contributed by atoms with Gasteiger partial charge in [-0.2, -0.15) is 0 Å². The number of carbonyl (C=O) groups excluding carboxylic acids is 1. The van der Waals surface area contributed by atoms with Gasteiger partial charge < -0.3 is 4.74 Å². The third-order valence-corrected chi connectivity index (χ3v) is 1.58. The third-order valence-electron chi connectivity index (χ3n) is 1.58. The van der Waals surface area contributed by atoms with E-state index in [0.29, 0.717) is 6.42 Å². The normalized spacial score (nSPS) is 16.9. The van der Waals surface area contributed by atoms with Crippen LogP contribution < -0.4 is 0 Å². The molecule has 0 unspecified atom stereocenters. The molecule has 1 rings (SSSR count). The van der Waals surface area contributed by atoms with E-state index < -0.39 is 0 Å². The lowest BCUT2D eigenvalue weighted by atomic mass is 10.1. The van der Waals surface area contributed by atoms with Crippen molar-refractivity contribution >= 4 is 5.97 Å². The van der Waals surface area contributed by atoms with Crippen molar-refractivity contribution in [3.05, 3.63) is 11.8 Å². The summed E-state index contributed by atoms with van der Waals surface area (Å²) in [5.41, 5.74) is 1.15. The first-order chi connectivity index (χ1) is 4.83. The van der Waals surface area contributed by atoms with Gasteiger partial charge in [0, 0.05) is 0 Å². The van der Waals surface area contributed by atoms with Crippen molar-refractivity contribution in [3.8, 4) is 0 Å². The van der Waals surface area contributed by atoms with Crippen LogP contribution in [0.3, 0.4) is 0 Å². The van der Waals surface area contributed by atoms with Crippen molar-refractivity contribution in [2.75, 3.05) is 0 Å². The summed E-state index contributed by atoms with van der Waals surface area (Å²) in [6.45, 7) is 2.14. The van der Waals surface area contributed by atoms with Gasteiger partial charge >= 0.3 is 5.97 Å². The minimum absolute atomic E-state index is 0.105. The van der Waals surface area contributed by atoms with E-state index in [4.69, 9.17) is 0 Å². The predicted molar refractivity (Wildman–Crippen MR) is 38.3 cm³/mol. The summed E-state index contributed by atoms with van der Waals surface area (Å²) >= 11 is 0. The maximum absolute atomic E-state index is 10.5. The van der Waals surface area contributed by atoms with Gasteiger partial charge in [-0.15, -0.1) is 0 Å². The van der Waals surface area contributed by atoms with E-state index in [9.17, 15) is 4.79 Å². The molecule has 2 heteroatoms. The molecule has 0 spiro atoms. The molecule has 0 bridgehead atoms. The monoisotopic (exact) mass is 140 g/mol. The average Bonchev–Trinajstić information content (AvgIpc) is 2.31. The van der Waals surface area contributed by atoms with Crippen molar-refractivity contribution in [2.24, 2.45) is 0 Å². The number of rotatable bonds is 3. The van der Waals surface area contributed by atoms with Crippen LogP contribution in [-0.2, 0) is 9.53 Å². The molecule has 0 atom stereocenters. The first kappa shape index (κ1) is 7.32. The summed E-state index contributed by atoms with van der Waals surface area (Å²) in [6, 6.07) is 0. The zero-order valence-corrected chi connectivity index (χ0v) is 6.22. The molecule has 0 aliphatic carbocycles. The molecule has 0 aromatic rings. The quantitative estimate of drug-likeness (QED) is 0.560. The first-order valence-electron chi connectivity index (χ1n) is 3.70. The highest BCUT2D eigenvalue weighted by molar-refractivity contribution is 5.75. The van der Waals surface area contributed by atoms with Crippen LogP contribution in [0.25, 0.3) is 0 Å².